The van der Waals surface area contributed by atoms with Gasteiger partial charge in [0.05, 0.1) is 35.5 Å². The van der Waals surface area contributed by atoms with Gasteiger partial charge in [0.2, 0.25) is 0 Å². The molecule has 1 aromatic carbocycles. The molecule has 2 aliphatic rings. The van der Waals surface area contributed by atoms with Gasteiger partial charge in [-0.25, -0.2) is 14.6 Å². The number of carbonyl (C=O) groups is 1. The number of anilines is 1. The molecule has 154 valence electrons. The molecule has 1 fully saturated rings. The molecule has 31 heavy (non-hydrogen) atoms. The third-order valence-electron chi connectivity index (χ3n) is 5.54. The van der Waals surface area contributed by atoms with E-state index in [0.717, 1.165) is 22.8 Å². The molecule has 0 unspecified atom stereocenters. The molecule has 4 aromatic rings. The molecule has 4 heterocycles. The van der Waals surface area contributed by atoms with E-state index in [1.54, 1.807) is 23.3 Å². The smallest absolute Gasteiger partial charge is 0.274 e. The largest absolute Gasteiger partial charge is 0.489 e. The molecule has 3 aromatic heterocycles. The van der Waals surface area contributed by atoms with E-state index >= 15 is 0 Å². The molecule has 1 N–H and O–H groups in total. The minimum atomic E-state index is -0.313. The van der Waals surface area contributed by atoms with Crippen LogP contribution in [0.2, 0.25) is 0 Å². The molecule has 1 saturated carbocycles. The highest BCUT2D eigenvalue weighted by Crippen LogP contribution is 2.39. The van der Waals surface area contributed by atoms with Crippen LogP contribution in [0.4, 0.5) is 5.69 Å². The van der Waals surface area contributed by atoms with Crippen LogP contribution in [0.1, 0.15) is 34.9 Å². The summed E-state index contributed by atoms with van der Waals surface area (Å²) in [4.78, 5) is 26.1. The van der Waals surface area contributed by atoms with Crippen LogP contribution in [0, 0.1) is 0 Å². The number of rotatable bonds is 4. The summed E-state index contributed by atoms with van der Waals surface area (Å²) in [7, 11) is 0. The van der Waals surface area contributed by atoms with Gasteiger partial charge in [-0.3, -0.25) is 9.78 Å². The number of para-hydroxylation sites is 1. The second-order valence-corrected chi connectivity index (χ2v) is 7.67. The van der Waals surface area contributed by atoms with Crippen molar-refractivity contribution in [2.75, 3.05) is 11.9 Å². The Bertz CT molecular complexity index is 1290. The minimum Gasteiger partial charge on any atom is -0.489 e. The molecular weight excluding hydrogens is 394 g/mol. The quantitative estimate of drug-likeness (QED) is 0.552. The van der Waals surface area contributed by atoms with Crippen LogP contribution in [0.15, 0.2) is 55.4 Å². The molecule has 1 aliphatic carbocycles. The number of hydrogen-bond donors (Lipinski definition) is 1. The van der Waals surface area contributed by atoms with Gasteiger partial charge in [0.15, 0.2) is 11.6 Å². The molecule has 0 spiro atoms. The summed E-state index contributed by atoms with van der Waals surface area (Å²) < 4.78 is 9.66. The Hall–Kier alpha value is -4.01. The number of carbonyl (C=O) groups excluding carboxylic acids is 1. The second-order valence-electron chi connectivity index (χ2n) is 7.67. The zero-order valence-corrected chi connectivity index (χ0v) is 16.6. The monoisotopic (exact) mass is 413 g/mol. The Balaban J connectivity index is 1.29. The van der Waals surface area contributed by atoms with Crippen molar-refractivity contribution in [3.63, 3.8) is 0 Å². The molecule has 6 rings (SSSR count). The second kappa shape index (κ2) is 7.05. The lowest BCUT2D eigenvalue weighted by Gasteiger charge is -2.13. The number of fused-ring (bicyclic) bond motifs is 3. The minimum absolute atomic E-state index is 0.313. The lowest BCUT2D eigenvalue weighted by atomic mass is 10.1. The van der Waals surface area contributed by atoms with Crippen molar-refractivity contribution in [2.24, 2.45) is 0 Å². The van der Waals surface area contributed by atoms with Crippen LogP contribution in [-0.2, 0) is 6.54 Å². The Morgan fingerprint density at radius 3 is 3.00 bits per heavy atom. The van der Waals surface area contributed by atoms with E-state index in [0.29, 0.717) is 36.2 Å². The summed E-state index contributed by atoms with van der Waals surface area (Å²) in [5.74, 6) is 1.56. The van der Waals surface area contributed by atoms with Gasteiger partial charge < -0.3 is 14.6 Å². The molecule has 0 bridgehead atoms. The fraction of sp³-hybridized carbons (Fsp3) is 0.227. The van der Waals surface area contributed by atoms with Crippen LogP contribution >= 0.6 is 0 Å². The molecule has 1 aliphatic heterocycles. The van der Waals surface area contributed by atoms with E-state index in [-0.39, 0.29) is 5.91 Å². The van der Waals surface area contributed by atoms with Crippen molar-refractivity contribution < 1.29 is 9.53 Å². The summed E-state index contributed by atoms with van der Waals surface area (Å²) in [5.41, 5.74) is 3.62. The van der Waals surface area contributed by atoms with Crippen molar-refractivity contribution in [2.45, 2.75) is 25.3 Å². The van der Waals surface area contributed by atoms with E-state index in [1.807, 2.05) is 35.0 Å². The summed E-state index contributed by atoms with van der Waals surface area (Å²) in [5, 5.41) is 7.17. The predicted molar refractivity (Wildman–Crippen MR) is 112 cm³/mol. The van der Waals surface area contributed by atoms with Gasteiger partial charge in [-0.15, -0.1) is 0 Å². The van der Waals surface area contributed by atoms with E-state index in [2.05, 4.69) is 25.4 Å². The maximum absolute atomic E-state index is 13.0. The molecule has 0 saturated heterocycles. The fourth-order valence-electron chi connectivity index (χ4n) is 3.80. The molecule has 9 heteroatoms. The van der Waals surface area contributed by atoms with Crippen LogP contribution < -0.4 is 10.1 Å². The number of amides is 1. The average molecular weight is 413 g/mol. The highest BCUT2D eigenvalue weighted by Gasteiger charge is 2.26. The van der Waals surface area contributed by atoms with E-state index in [4.69, 9.17) is 4.74 Å². The Kier molecular flexibility index (Phi) is 4.05. The normalized spacial score (nSPS) is 14.8. The number of ether oxygens (including phenoxy) is 1. The number of benzene rings is 1. The lowest BCUT2D eigenvalue weighted by molar-refractivity contribution is 0.102. The van der Waals surface area contributed by atoms with E-state index < -0.39 is 0 Å². The molecule has 0 radical (unpaired) electrons. The predicted octanol–water partition coefficient (Wildman–Crippen LogP) is 3.05. The summed E-state index contributed by atoms with van der Waals surface area (Å²) in [6.45, 7) is 1.03. The first kappa shape index (κ1) is 17.8. The number of nitrogens with one attached hydrogen (secondary N) is 1. The van der Waals surface area contributed by atoms with E-state index in [1.165, 1.54) is 19.2 Å². The number of aromatic nitrogens is 6. The van der Waals surface area contributed by atoms with Gasteiger partial charge in [-0.1, -0.05) is 6.07 Å². The Morgan fingerprint density at radius 1 is 1.16 bits per heavy atom. The third-order valence-corrected chi connectivity index (χ3v) is 5.54. The zero-order chi connectivity index (χ0) is 20.8. The highest BCUT2D eigenvalue weighted by atomic mass is 16.5. The van der Waals surface area contributed by atoms with Gasteiger partial charge >= 0.3 is 0 Å². The standard InChI is InChI=1S/C22H19N7O2/c30-22(18-10-15(6-7-23-18)28-11-19(25-13-28)14-4-5-14)27-17-3-1-2-16-20(17)31-9-8-29-21(16)24-12-26-29/h1-3,6-7,10-14H,4-5,8-9H2,(H,27,30). The number of imidazole rings is 1. The van der Waals surface area contributed by atoms with Crippen LogP contribution in [0.5, 0.6) is 5.75 Å². The van der Waals surface area contributed by atoms with Crippen molar-refractivity contribution in [1.82, 2.24) is 29.3 Å². The molecular formula is C22H19N7O2. The van der Waals surface area contributed by atoms with E-state index in [9.17, 15) is 4.79 Å². The summed E-state index contributed by atoms with van der Waals surface area (Å²) in [6.07, 6.45) is 9.35. The Labute approximate surface area is 177 Å². The zero-order valence-electron chi connectivity index (χ0n) is 16.6. The molecule has 9 nitrogen and oxygen atoms in total. The topological polar surface area (TPSA) is 99.8 Å². The maximum atomic E-state index is 13.0. The first-order valence-corrected chi connectivity index (χ1v) is 10.2. The SMILES string of the molecule is O=C(Nc1cccc2c1OCCn1ncnc1-2)c1cc(-n2cnc(C3CC3)c2)ccn1. The number of pyridine rings is 1. The van der Waals surface area contributed by atoms with Gasteiger partial charge in [-0.05, 0) is 37.1 Å². The first-order valence-electron chi connectivity index (χ1n) is 10.2. The van der Waals surface area contributed by atoms with Crippen molar-refractivity contribution in [3.05, 3.63) is 66.8 Å². The van der Waals surface area contributed by atoms with Gasteiger partial charge in [0.25, 0.3) is 5.91 Å². The summed E-state index contributed by atoms with van der Waals surface area (Å²) >= 11 is 0. The van der Waals surface area contributed by atoms with Crippen LogP contribution in [-0.4, -0.2) is 41.8 Å². The van der Waals surface area contributed by atoms with Crippen molar-refractivity contribution >= 4 is 11.6 Å². The van der Waals surface area contributed by atoms with Gasteiger partial charge in [-0.2, -0.15) is 5.10 Å². The van der Waals surface area contributed by atoms with Crippen LogP contribution in [0.3, 0.4) is 0 Å². The van der Waals surface area contributed by atoms with Gasteiger partial charge in [0, 0.05) is 18.3 Å². The van der Waals surface area contributed by atoms with Crippen molar-refractivity contribution in [3.8, 4) is 22.8 Å². The lowest BCUT2D eigenvalue weighted by Crippen LogP contribution is -2.15. The molecule has 0 atom stereocenters. The highest BCUT2D eigenvalue weighted by molar-refractivity contribution is 6.04. The van der Waals surface area contributed by atoms with Gasteiger partial charge in [0.1, 0.15) is 18.6 Å². The Morgan fingerprint density at radius 2 is 2.10 bits per heavy atom. The first-order chi connectivity index (χ1) is 15.3. The maximum Gasteiger partial charge on any atom is 0.274 e. The molecule has 1 amide bonds. The summed E-state index contributed by atoms with van der Waals surface area (Å²) in [6, 6.07) is 9.19. The third kappa shape index (κ3) is 3.24. The number of nitrogens with zero attached hydrogens (tertiary/aromatic N) is 6. The average Bonchev–Trinajstić information content (AvgIpc) is 3.39. The van der Waals surface area contributed by atoms with Crippen LogP contribution in [0.25, 0.3) is 17.1 Å². The fourth-order valence-corrected chi connectivity index (χ4v) is 3.80. The van der Waals surface area contributed by atoms with Crippen molar-refractivity contribution in [1.29, 1.82) is 0 Å². The number of hydrogen-bond acceptors (Lipinski definition) is 6.